The summed E-state index contributed by atoms with van der Waals surface area (Å²) in [5.41, 5.74) is -0.552. The molecule has 3 aliphatic rings. The second-order valence-corrected chi connectivity index (χ2v) is 12.0. The number of rotatable bonds is 7. The van der Waals surface area contributed by atoms with E-state index < -0.39 is 33.6 Å². The molecule has 2 atom stereocenters. The molecule has 198 valence electrons. The summed E-state index contributed by atoms with van der Waals surface area (Å²) in [5.74, 6) is 0.296. The molecule has 37 heavy (non-hydrogen) atoms. The molecule has 10 nitrogen and oxygen atoms in total. The Morgan fingerprint density at radius 2 is 1.95 bits per heavy atom. The van der Waals surface area contributed by atoms with Crippen LogP contribution in [0.4, 0.5) is 19.1 Å². The van der Waals surface area contributed by atoms with Crippen LogP contribution in [0.1, 0.15) is 55.8 Å². The van der Waals surface area contributed by atoms with Crippen LogP contribution < -0.4 is 10.1 Å². The number of aromatic nitrogens is 5. The van der Waals surface area contributed by atoms with E-state index in [1.54, 1.807) is 22.7 Å². The standard InChI is InChI=1S/C23H25F3N6O4S/c24-23(25,26)18-10-27-22(29-21(18)36-15-11-35-12-15)28-14-3-1-2-13(8-14)20-31-30-19-9-17(6-7-32(19)20)37(33,34)16-4-5-16/h6-7,9-10,13-16H,1-5,8,11-12H2,(H,27,28,29)/t13-,14+/m0/s1. The van der Waals surface area contributed by atoms with Crippen molar-refractivity contribution in [2.24, 2.45) is 0 Å². The smallest absolute Gasteiger partial charge is 0.423 e. The van der Waals surface area contributed by atoms with Crippen molar-refractivity contribution in [1.82, 2.24) is 24.6 Å². The molecule has 14 heteroatoms. The molecule has 0 bridgehead atoms. The molecule has 0 spiro atoms. The van der Waals surface area contributed by atoms with E-state index in [-0.39, 0.29) is 41.3 Å². The minimum atomic E-state index is -4.64. The first-order valence-electron chi connectivity index (χ1n) is 12.2. The third-order valence-corrected chi connectivity index (χ3v) is 9.28. The number of hydrogen-bond acceptors (Lipinski definition) is 9. The van der Waals surface area contributed by atoms with Gasteiger partial charge in [-0.3, -0.25) is 4.40 Å². The van der Waals surface area contributed by atoms with Gasteiger partial charge in [-0.1, -0.05) is 6.42 Å². The fourth-order valence-corrected chi connectivity index (χ4v) is 6.48. The number of halogens is 3. The normalized spacial score (nSPS) is 23.1. The van der Waals surface area contributed by atoms with Crippen LogP contribution in [0.25, 0.3) is 5.65 Å². The lowest BCUT2D eigenvalue weighted by Gasteiger charge is -2.29. The highest BCUT2D eigenvalue weighted by Crippen LogP contribution is 2.38. The zero-order chi connectivity index (χ0) is 25.8. The first-order valence-corrected chi connectivity index (χ1v) is 13.8. The van der Waals surface area contributed by atoms with Crippen molar-refractivity contribution in [3.8, 4) is 5.88 Å². The van der Waals surface area contributed by atoms with Gasteiger partial charge in [0.2, 0.25) is 11.8 Å². The number of pyridine rings is 1. The molecule has 2 aliphatic carbocycles. The maximum atomic E-state index is 13.4. The number of hydrogen-bond donors (Lipinski definition) is 1. The zero-order valence-electron chi connectivity index (χ0n) is 19.7. The second-order valence-electron chi connectivity index (χ2n) is 9.79. The monoisotopic (exact) mass is 538 g/mol. The molecule has 1 saturated heterocycles. The van der Waals surface area contributed by atoms with Gasteiger partial charge in [-0.15, -0.1) is 10.2 Å². The summed E-state index contributed by atoms with van der Waals surface area (Å²) in [5, 5.41) is 11.4. The van der Waals surface area contributed by atoms with E-state index in [0.717, 1.165) is 31.3 Å². The fraction of sp³-hybridized carbons (Fsp3) is 0.565. The molecule has 3 fully saturated rings. The number of ether oxygens (including phenoxy) is 2. The Balaban J connectivity index is 1.19. The molecule has 0 aromatic carbocycles. The molecule has 6 rings (SSSR count). The van der Waals surface area contributed by atoms with Crippen molar-refractivity contribution in [2.45, 2.75) is 72.9 Å². The lowest BCUT2D eigenvalue weighted by molar-refractivity contribution is -0.142. The van der Waals surface area contributed by atoms with Crippen molar-refractivity contribution < 1.29 is 31.1 Å². The topological polar surface area (TPSA) is 121 Å². The van der Waals surface area contributed by atoms with Crippen LogP contribution in [-0.2, 0) is 20.8 Å². The Bertz CT molecular complexity index is 1420. The summed E-state index contributed by atoms with van der Waals surface area (Å²) < 4.78 is 77.6. The van der Waals surface area contributed by atoms with Gasteiger partial charge >= 0.3 is 6.18 Å². The van der Waals surface area contributed by atoms with Gasteiger partial charge in [-0.2, -0.15) is 18.2 Å². The fourth-order valence-electron chi connectivity index (χ4n) is 4.81. The highest BCUT2D eigenvalue weighted by atomic mass is 32.2. The van der Waals surface area contributed by atoms with Crippen LogP contribution in [0.2, 0.25) is 0 Å². The van der Waals surface area contributed by atoms with E-state index in [2.05, 4.69) is 25.5 Å². The minimum Gasteiger partial charge on any atom is -0.469 e. The predicted octanol–water partition coefficient (Wildman–Crippen LogP) is 3.39. The second kappa shape index (κ2) is 9.08. The Kier molecular flexibility index (Phi) is 5.97. The van der Waals surface area contributed by atoms with Crippen LogP contribution >= 0.6 is 0 Å². The summed E-state index contributed by atoms with van der Waals surface area (Å²) in [6, 6.07) is 3.06. The Hall–Kier alpha value is -3.00. The number of anilines is 1. The summed E-state index contributed by atoms with van der Waals surface area (Å²) in [4.78, 5) is 8.19. The van der Waals surface area contributed by atoms with E-state index >= 15 is 0 Å². The molecule has 3 aromatic rings. The van der Waals surface area contributed by atoms with Crippen LogP contribution in [0.15, 0.2) is 29.4 Å². The van der Waals surface area contributed by atoms with E-state index in [1.807, 2.05) is 0 Å². The van der Waals surface area contributed by atoms with E-state index in [0.29, 0.717) is 24.9 Å². The summed E-state index contributed by atoms with van der Waals surface area (Å²) >= 11 is 0. The Morgan fingerprint density at radius 3 is 2.65 bits per heavy atom. The van der Waals surface area contributed by atoms with Crippen LogP contribution in [0.3, 0.4) is 0 Å². The molecular formula is C23H25F3N6O4S. The van der Waals surface area contributed by atoms with Crippen LogP contribution in [-0.4, -0.2) is 63.6 Å². The molecule has 0 unspecified atom stereocenters. The molecular weight excluding hydrogens is 513 g/mol. The maximum Gasteiger partial charge on any atom is 0.423 e. The van der Waals surface area contributed by atoms with E-state index in [1.165, 1.54) is 0 Å². The number of alkyl halides is 3. The Morgan fingerprint density at radius 1 is 1.14 bits per heavy atom. The molecule has 1 N–H and O–H groups in total. The first kappa shape index (κ1) is 24.3. The third kappa shape index (κ3) is 4.83. The highest BCUT2D eigenvalue weighted by Gasteiger charge is 2.39. The average molecular weight is 539 g/mol. The lowest BCUT2D eigenvalue weighted by atomic mass is 9.85. The number of fused-ring (bicyclic) bond motifs is 1. The predicted molar refractivity (Wildman–Crippen MR) is 124 cm³/mol. The molecule has 0 amide bonds. The van der Waals surface area contributed by atoms with Crippen molar-refractivity contribution in [3.63, 3.8) is 0 Å². The lowest BCUT2D eigenvalue weighted by Crippen LogP contribution is -2.39. The third-order valence-electron chi connectivity index (χ3n) is 7.02. The molecule has 0 radical (unpaired) electrons. The van der Waals surface area contributed by atoms with Gasteiger partial charge in [0.15, 0.2) is 15.5 Å². The summed E-state index contributed by atoms with van der Waals surface area (Å²) in [6.07, 6.45) is 1.84. The summed E-state index contributed by atoms with van der Waals surface area (Å²) in [6.45, 7) is 0.434. The largest absolute Gasteiger partial charge is 0.469 e. The van der Waals surface area contributed by atoms with Crippen molar-refractivity contribution in [1.29, 1.82) is 0 Å². The van der Waals surface area contributed by atoms with Crippen molar-refractivity contribution >= 4 is 21.4 Å². The van der Waals surface area contributed by atoms with Gasteiger partial charge in [-0.05, 0) is 38.2 Å². The average Bonchev–Trinajstić information content (AvgIpc) is 3.61. The first-order chi connectivity index (χ1) is 17.7. The molecule has 1 aliphatic heterocycles. The van der Waals surface area contributed by atoms with Crippen LogP contribution in [0.5, 0.6) is 5.88 Å². The van der Waals surface area contributed by atoms with Gasteiger partial charge in [0.05, 0.1) is 23.4 Å². The van der Waals surface area contributed by atoms with Crippen molar-refractivity contribution in [2.75, 3.05) is 18.5 Å². The van der Waals surface area contributed by atoms with E-state index in [4.69, 9.17) is 9.47 Å². The van der Waals surface area contributed by atoms with E-state index in [9.17, 15) is 21.6 Å². The number of nitrogens with zero attached hydrogens (tertiary/aromatic N) is 5. The molecule has 3 aromatic heterocycles. The van der Waals surface area contributed by atoms with Gasteiger partial charge in [0.1, 0.15) is 17.5 Å². The van der Waals surface area contributed by atoms with Gasteiger partial charge in [0.25, 0.3) is 0 Å². The maximum absolute atomic E-state index is 13.4. The van der Waals surface area contributed by atoms with Gasteiger partial charge in [-0.25, -0.2) is 13.4 Å². The molecule has 4 heterocycles. The zero-order valence-corrected chi connectivity index (χ0v) is 20.5. The van der Waals surface area contributed by atoms with Gasteiger partial charge in [0, 0.05) is 30.4 Å². The quantitative estimate of drug-likeness (QED) is 0.483. The summed E-state index contributed by atoms with van der Waals surface area (Å²) in [7, 11) is -3.33. The SMILES string of the molecule is O=S(=O)(c1ccn2c([C@H]3CCC[C@@H](Nc4ncc(C(F)(F)F)c(OC5COC5)n4)C3)nnc2c1)C1CC1. The minimum absolute atomic E-state index is 0.0180. The molecule has 2 saturated carbocycles. The highest BCUT2D eigenvalue weighted by molar-refractivity contribution is 7.92. The number of nitrogens with one attached hydrogen (secondary N) is 1. The number of sulfone groups is 1. The van der Waals surface area contributed by atoms with Gasteiger partial charge < -0.3 is 14.8 Å². The van der Waals surface area contributed by atoms with Crippen LogP contribution in [0, 0.1) is 0 Å². The van der Waals surface area contributed by atoms with Crippen molar-refractivity contribution in [3.05, 3.63) is 35.9 Å². The Labute approximate surface area is 210 Å².